The van der Waals surface area contributed by atoms with Crippen LogP contribution in [0.1, 0.15) is 50.6 Å². The number of nitrogen functional groups attached to an aromatic ring is 1. The summed E-state index contributed by atoms with van der Waals surface area (Å²) < 4.78 is 17.5. The first-order valence-corrected chi connectivity index (χ1v) is 10.5. The third kappa shape index (κ3) is 2.51. The topological polar surface area (TPSA) is 99.3 Å². The van der Waals surface area contributed by atoms with Crippen LogP contribution in [-0.2, 0) is 0 Å². The maximum absolute atomic E-state index is 15.4. The molecule has 7 nitrogen and oxygen atoms in total. The van der Waals surface area contributed by atoms with Gasteiger partial charge in [0.2, 0.25) is 0 Å². The van der Waals surface area contributed by atoms with Crippen molar-refractivity contribution in [3.05, 3.63) is 38.3 Å². The fraction of sp³-hybridized carbons (Fsp3) is 0.619. The van der Waals surface area contributed by atoms with Crippen LogP contribution < -0.4 is 27.7 Å². The van der Waals surface area contributed by atoms with E-state index in [1.54, 1.807) is 11.5 Å². The van der Waals surface area contributed by atoms with E-state index in [1.807, 2.05) is 4.90 Å². The molecule has 5 rings (SSSR count). The predicted molar refractivity (Wildman–Crippen MR) is 111 cm³/mol. The van der Waals surface area contributed by atoms with Crippen molar-refractivity contribution in [2.75, 3.05) is 23.8 Å². The first kappa shape index (κ1) is 18.7. The number of aromatic nitrogens is 2. The summed E-state index contributed by atoms with van der Waals surface area (Å²) >= 11 is 0. The Morgan fingerprint density at radius 3 is 2.52 bits per heavy atom. The molecule has 0 amide bonds. The van der Waals surface area contributed by atoms with Crippen molar-refractivity contribution in [3.8, 4) is 0 Å². The SMILES string of the molecule is Cc1c(N2CC(N)[C@@H](C)C3(CCC3)C2)c(F)cc2c(=O)n(N)c(=O)n(C3CC3)c12. The van der Waals surface area contributed by atoms with Gasteiger partial charge >= 0.3 is 5.69 Å². The predicted octanol–water partition coefficient (Wildman–Crippen LogP) is 1.61. The quantitative estimate of drug-likeness (QED) is 0.745. The van der Waals surface area contributed by atoms with Crippen LogP contribution in [0.3, 0.4) is 0 Å². The molecule has 0 radical (unpaired) electrons. The van der Waals surface area contributed by atoms with Crippen molar-refractivity contribution in [1.29, 1.82) is 0 Å². The normalized spacial score (nSPS) is 26.1. The molecule has 2 saturated carbocycles. The first-order valence-electron chi connectivity index (χ1n) is 10.5. The molecule has 156 valence electrons. The molecule has 2 aliphatic carbocycles. The van der Waals surface area contributed by atoms with Gasteiger partial charge in [-0.15, -0.1) is 0 Å². The van der Waals surface area contributed by atoms with Crippen LogP contribution in [0.5, 0.6) is 0 Å². The Kier molecular flexibility index (Phi) is 3.91. The minimum atomic E-state index is -0.658. The fourth-order valence-corrected chi connectivity index (χ4v) is 5.59. The zero-order valence-electron chi connectivity index (χ0n) is 16.9. The summed E-state index contributed by atoms with van der Waals surface area (Å²) in [5.41, 5.74) is 7.00. The van der Waals surface area contributed by atoms with Gasteiger partial charge in [-0.1, -0.05) is 13.3 Å². The van der Waals surface area contributed by atoms with Gasteiger partial charge in [0, 0.05) is 30.7 Å². The summed E-state index contributed by atoms with van der Waals surface area (Å²) in [5.74, 6) is 5.65. The minimum absolute atomic E-state index is 0.0130. The molecular weight excluding hydrogens is 373 g/mol. The van der Waals surface area contributed by atoms with Crippen LogP contribution in [-0.4, -0.2) is 28.4 Å². The zero-order valence-corrected chi connectivity index (χ0v) is 16.9. The molecule has 1 aromatic heterocycles. The Bertz CT molecular complexity index is 1130. The van der Waals surface area contributed by atoms with Gasteiger partial charge in [-0.3, -0.25) is 9.36 Å². The van der Waals surface area contributed by atoms with Crippen LogP contribution in [0.2, 0.25) is 0 Å². The van der Waals surface area contributed by atoms with E-state index in [0.717, 1.165) is 32.2 Å². The molecule has 1 unspecified atom stereocenters. The average Bonchev–Trinajstić information content (AvgIpc) is 3.47. The van der Waals surface area contributed by atoms with E-state index in [4.69, 9.17) is 11.6 Å². The monoisotopic (exact) mass is 401 g/mol. The molecule has 29 heavy (non-hydrogen) atoms. The number of piperidine rings is 1. The molecule has 1 spiro atoms. The maximum Gasteiger partial charge on any atom is 0.350 e. The Balaban J connectivity index is 1.73. The first-order chi connectivity index (χ1) is 13.7. The molecule has 2 aromatic rings. The lowest BCUT2D eigenvalue weighted by Crippen LogP contribution is -2.60. The highest BCUT2D eigenvalue weighted by atomic mass is 19.1. The smallest absolute Gasteiger partial charge is 0.350 e. The van der Waals surface area contributed by atoms with Crippen molar-refractivity contribution < 1.29 is 4.39 Å². The Labute approximate surface area is 168 Å². The van der Waals surface area contributed by atoms with E-state index >= 15 is 4.39 Å². The van der Waals surface area contributed by atoms with Gasteiger partial charge < -0.3 is 16.5 Å². The molecule has 1 aliphatic heterocycles. The molecule has 2 atom stereocenters. The van der Waals surface area contributed by atoms with Gasteiger partial charge in [0.05, 0.1) is 16.6 Å². The summed E-state index contributed by atoms with van der Waals surface area (Å²) in [4.78, 5) is 27.4. The number of hydrogen-bond acceptors (Lipinski definition) is 5. The number of anilines is 1. The van der Waals surface area contributed by atoms with E-state index in [-0.39, 0.29) is 22.9 Å². The standard InChI is InChI=1S/C21H28FN5O2/c1-11-17-14(19(28)27(24)20(29)26(17)13-4-5-13)8-15(22)18(11)25-9-16(23)12(2)21(10-25)6-3-7-21/h8,12-13,16H,3-7,9-10,23-24H2,1-2H3/t12-,16?/m1/s1. The lowest BCUT2D eigenvalue weighted by molar-refractivity contribution is 0.0326. The number of rotatable bonds is 2. The molecular formula is C21H28FN5O2. The van der Waals surface area contributed by atoms with E-state index < -0.39 is 17.1 Å². The number of nitrogens with two attached hydrogens (primary N) is 2. The van der Waals surface area contributed by atoms with E-state index in [0.29, 0.717) is 33.9 Å². The molecule has 1 saturated heterocycles. The fourth-order valence-electron chi connectivity index (χ4n) is 5.59. The lowest BCUT2D eigenvalue weighted by atomic mass is 9.58. The number of aryl methyl sites for hydroxylation is 1. The van der Waals surface area contributed by atoms with Crippen LogP contribution in [0.4, 0.5) is 10.1 Å². The third-order valence-corrected chi connectivity index (χ3v) is 7.69. The average molecular weight is 401 g/mol. The highest BCUT2D eigenvalue weighted by Gasteiger charge is 2.49. The van der Waals surface area contributed by atoms with Crippen LogP contribution >= 0.6 is 0 Å². The summed E-state index contributed by atoms with van der Waals surface area (Å²) in [6, 6.07) is 1.22. The lowest BCUT2D eigenvalue weighted by Gasteiger charge is -2.56. The number of nitrogens with zero attached hydrogens (tertiary/aromatic N) is 3. The number of fused-ring (bicyclic) bond motifs is 1. The molecule has 0 bridgehead atoms. The molecule has 8 heteroatoms. The summed E-state index contributed by atoms with van der Waals surface area (Å²) in [6.45, 7) is 5.33. The van der Waals surface area contributed by atoms with Crippen molar-refractivity contribution in [2.45, 2.75) is 58.0 Å². The van der Waals surface area contributed by atoms with Crippen LogP contribution in [0, 0.1) is 24.1 Å². The van der Waals surface area contributed by atoms with E-state index in [9.17, 15) is 9.59 Å². The highest BCUT2D eigenvalue weighted by molar-refractivity contribution is 5.87. The van der Waals surface area contributed by atoms with Gasteiger partial charge in [-0.25, -0.2) is 9.18 Å². The third-order valence-electron chi connectivity index (χ3n) is 7.69. The summed E-state index contributed by atoms with van der Waals surface area (Å²) in [6.07, 6.45) is 5.11. The Morgan fingerprint density at radius 2 is 1.93 bits per heavy atom. The zero-order chi connectivity index (χ0) is 20.7. The highest BCUT2D eigenvalue weighted by Crippen LogP contribution is 2.52. The van der Waals surface area contributed by atoms with Crippen LogP contribution in [0.15, 0.2) is 15.7 Å². The Morgan fingerprint density at radius 1 is 1.24 bits per heavy atom. The molecule has 1 aromatic carbocycles. The second kappa shape index (κ2) is 6.08. The number of hydrogen-bond donors (Lipinski definition) is 2. The Hall–Kier alpha value is -2.35. The van der Waals surface area contributed by atoms with Gasteiger partial charge in [0.15, 0.2) is 0 Å². The van der Waals surface area contributed by atoms with Crippen molar-refractivity contribution in [3.63, 3.8) is 0 Å². The van der Waals surface area contributed by atoms with Gasteiger partial charge in [-0.2, -0.15) is 4.68 Å². The van der Waals surface area contributed by atoms with E-state index in [1.165, 1.54) is 12.5 Å². The van der Waals surface area contributed by atoms with Crippen LogP contribution in [0.25, 0.3) is 10.9 Å². The van der Waals surface area contributed by atoms with Gasteiger partial charge in [0.1, 0.15) is 5.82 Å². The summed E-state index contributed by atoms with van der Waals surface area (Å²) in [5, 5.41) is 0.158. The molecule has 3 fully saturated rings. The maximum atomic E-state index is 15.4. The van der Waals surface area contributed by atoms with Crippen molar-refractivity contribution in [2.24, 2.45) is 17.1 Å². The molecule has 4 N–H and O–H groups in total. The summed E-state index contributed by atoms with van der Waals surface area (Å²) in [7, 11) is 0. The second-order valence-electron chi connectivity index (χ2n) is 9.34. The molecule has 2 heterocycles. The second-order valence-corrected chi connectivity index (χ2v) is 9.34. The largest absolute Gasteiger partial charge is 0.367 e. The van der Waals surface area contributed by atoms with E-state index in [2.05, 4.69) is 6.92 Å². The number of halogens is 1. The van der Waals surface area contributed by atoms with Crippen molar-refractivity contribution in [1.82, 2.24) is 9.24 Å². The van der Waals surface area contributed by atoms with Gasteiger partial charge in [-0.05, 0) is 50.0 Å². The minimum Gasteiger partial charge on any atom is -0.367 e. The molecule has 3 aliphatic rings. The van der Waals surface area contributed by atoms with Gasteiger partial charge in [0.25, 0.3) is 5.56 Å². The number of benzene rings is 1. The van der Waals surface area contributed by atoms with Crippen molar-refractivity contribution >= 4 is 16.6 Å².